The summed E-state index contributed by atoms with van der Waals surface area (Å²) in [5, 5.41) is 12.1. The van der Waals surface area contributed by atoms with Crippen LogP contribution in [0.4, 0.5) is 0 Å². The normalized spacial score (nSPS) is 11.0. The molecule has 0 unspecified atom stereocenters. The Kier molecular flexibility index (Phi) is 4.48. The fraction of sp³-hybridized carbons (Fsp3) is 0.312. The van der Waals surface area contributed by atoms with E-state index in [-0.39, 0.29) is 12.3 Å². The van der Waals surface area contributed by atoms with Gasteiger partial charge in [-0.25, -0.2) is 0 Å². The fourth-order valence-corrected chi connectivity index (χ4v) is 3.35. The first-order valence-electron chi connectivity index (χ1n) is 7.38. The Labute approximate surface area is 133 Å². The first-order valence-corrected chi connectivity index (χ1v) is 8.19. The summed E-state index contributed by atoms with van der Waals surface area (Å²) in [6.45, 7) is 3.40. The zero-order chi connectivity index (χ0) is 15.4. The molecule has 1 N–H and O–H groups in total. The van der Waals surface area contributed by atoms with Crippen LogP contribution >= 0.6 is 11.3 Å². The van der Waals surface area contributed by atoms with Crippen LogP contribution < -0.4 is 5.32 Å². The Morgan fingerprint density at radius 1 is 1.36 bits per heavy atom. The lowest BCUT2D eigenvalue weighted by molar-refractivity contribution is -0.120. The van der Waals surface area contributed by atoms with Crippen LogP contribution in [0.5, 0.6) is 0 Å². The first kappa shape index (κ1) is 14.7. The second kappa shape index (κ2) is 6.70. The number of benzene rings is 1. The molecule has 0 atom stereocenters. The summed E-state index contributed by atoms with van der Waals surface area (Å²) in [4.78, 5) is 13.2. The third-order valence-electron chi connectivity index (χ3n) is 3.42. The molecule has 1 aromatic carbocycles. The van der Waals surface area contributed by atoms with Gasteiger partial charge in [0.15, 0.2) is 0 Å². The smallest absolute Gasteiger partial charge is 0.226 e. The highest BCUT2D eigenvalue weighted by Crippen LogP contribution is 2.25. The van der Waals surface area contributed by atoms with Crippen LogP contribution in [0.1, 0.15) is 17.5 Å². The Hall–Kier alpha value is -2.21. The molecule has 0 fully saturated rings. The number of hydrogen-bond acceptors (Lipinski definition) is 4. The number of carbonyl (C=O) groups is 1. The molecule has 0 saturated carbocycles. The van der Waals surface area contributed by atoms with Crippen LogP contribution in [0.15, 0.2) is 36.5 Å². The number of aromatic nitrogens is 3. The molecule has 0 aliphatic carbocycles. The lowest BCUT2D eigenvalue weighted by Crippen LogP contribution is -2.27. The molecule has 3 rings (SSSR count). The number of rotatable bonds is 6. The summed E-state index contributed by atoms with van der Waals surface area (Å²) in [5.41, 5.74) is 0.709. The van der Waals surface area contributed by atoms with Crippen LogP contribution in [0.3, 0.4) is 0 Å². The maximum Gasteiger partial charge on any atom is 0.226 e. The number of thiophene rings is 1. The van der Waals surface area contributed by atoms with Gasteiger partial charge >= 0.3 is 0 Å². The van der Waals surface area contributed by atoms with Crippen molar-refractivity contribution in [3.8, 4) is 0 Å². The van der Waals surface area contributed by atoms with E-state index < -0.39 is 0 Å². The largest absolute Gasteiger partial charge is 0.355 e. The lowest BCUT2D eigenvalue weighted by Gasteiger charge is -2.02. The van der Waals surface area contributed by atoms with Gasteiger partial charge in [-0.05, 0) is 30.9 Å². The van der Waals surface area contributed by atoms with Crippen molar-refractivity contribution in [1.29, 1.82) is 0 Å². The number of carbonyl (C=O) groups excluding carboxylic acids is 1. The minimum atomic E-state index is -0.00994. The molecule has 1 amide bonds. The molecule has 6 heteroatoms. The molecule has 2 heterocycles. The van der Waals surface area contributed by atoms with E-state index in [1.54, 1.807) is 16.0 Å². The van der Waals surface area contributed by atoms with E-state index >= 15 is 0 Å². The van der Waals surface area contributed by atoms with Crippen LogP contribution in [-0.2, 0) is 24.2 Å². The lowest BCUT2D eigenvalue weighted by atomic mass is 10.2. The van der Waals surface area contributed by atoms with E-state index in [9.17, 15) is 4.79 Å². The van der Waals surface area contributed by atoms with E-state index in [4.69, 9.17) is 0 Å². The van der Waals surface area contributed by atoms with Gasteiger partial charge in [0.05, 0.1) is 12.1 Å². The molecule has 22 heavy (non-hydrogen) atoms. The maximum absolute atomic E-state index is 11.9. The van der Waals surface area contributed by atoms with Gasteiger partial charge in [0.1, 0.15) is 0 Å². The highest BCUT2D eigenvalue weighted by atomic mass is 32.1. The molecule has 114 valence electrons. The number of nitrogens with one attached hydrogen (secondary N) is 1. The second-order valence-corrected chi connectivity index (χ2v) is 6.26. The van der Waals surface area contributed by atoms with E-state index in [2.05, 4.69) is 33.8 Å². The zero-order valence-electron chi connectivity index (χ0n) is 12.5. The first-order chi connectivity index (χ1) is 10.7. The molecule has 0 aliphatic heterocycles. The van der Waals surface area contributed by atoms with E-state index in [0.29, 0.717) is 12.2 Å². The Morgan fingerprint density at radius 2 is 2.23 bits per heavy atom. The average Bonchev–Trinajstić information content (AvgIpc) is 3.13. The number of amides is 1. The number of nitrogens with zero attached hydrogens (tertiary/aromatic N) is 3. The van der Waals surface area contributed by atoms with Gasteiger partial charge in [-0.3, -0.25) is 9.48 Å². The van der Waals surface area contributed by atoms with Crippen LogP contribution in [0.2, 0.25) is 0 Å². The number of fused-ring (bicyclic) bond motifs is 1. The Morgan fingerprint density at radius 3 is 3.00 bits per heavy atom. The number of aryl methyl sites for hydroxylation is 1. The molecule has 0 spiro atoms. The summed E-state index contributed by atoms with van der Waals surface area (Å²) >= 11 is 1.78. The summed E-state index contributed by atoms with van der Waals surface area (Å²) in [6.07, 6.45) is 2.95. The van der Waals surface area contributed by atoms with Crippen molar-refractivity contribution in [2.45, 2.75) is 26.3 Å². The van der Waals surface area contributed by atoms with Gasteiger partial charge < -0.3 is 5.32 Å². The van der Waals surface area contributed by atoms with Crippen LogP contribution in [0.25, 0.3) is 10.1 Å². The molecule has 5 nitrogen and oxygen atoms in total. The second-order valence-electron chi connectivity index (χ2n) is 5.09. The quantitative estimate of drug-likeness (QED) is 0.760. The van der Waals surface area contributed by atoms with E-state index in [0.717, 1.165) is 13.0 Å². The molecule has 2 aromatic heterocycles. The maximum atomic E-state index is 11.9. The third-order valence-corrected chi connectivity index (χ3v) is 4.60. The standard InChI is InChI=1S/C16H18N4OS/c1-2-20-11-13(18-19-20)10-16(21)17-8-7-14-9-12-5-3-4-6-15(12)22-14/h3-6,9,11H,2,7-8,10H2,1H3,(H,17,21). The molecule has 0 bridgehead atoms. The SMILES string of the molecule is CCn1cc(CC(=O)NCCc2cc3ccccc3s2)nn1. The predicted molar refractivity (Wildman–Crippen MR) is 87.9 cm³/mol. The van der Waals surface area contributed by atoms with Gasteiger partial charge in [0, 0.05) is 28.9 Å². The van der Waals surface area contributed by atoms with Gasteiger partial charge in [-0.1, -0.05) is 23.4 Å². The molecule has 3 aromatic rings. The van der Waals surface area contributed by atoms with Crippen molar-refractivity contribution in [1.82, 2.24) is 20.3 Å². The fourth-order valence-electron chi connectivity index (χ4n) is 2.29. The van der Waals surface area contributed by atoms with Crippen LogP contribution in [-0.4, -0.2) is 27.4 Å². The van der Waals surface area contributed by atoms with Gasteiger partial charge in [-0.2, -0.15) is 0 Å². The molecule has 0 radical (unpaired) electrons. The van der Waals surface area contributed by atoms with Crippen molar-refractivity contribution in [2.24, 2.45) is 0 Å². The Bertz CT molecular complexity index is 744. The van der Waals surface area contributed by atoms with Gasteiger partial charge in [-0.15, -0.1) is 16.4 Å². The van der Waals surface area contributed by atoms with E-state index in [1.807, 2.05) is 25.3 Å². The topological polar surface area (TPSA) is 59.8 Å². The predicted octanol–water partition coefficient (Wildman–Crippen LogP) is 2.41. The minimum Gasteiger partial charge on any atom is -0.355 e. The van der Waals surface area contributed by atoms with E-state index in [1.165, 1.54) is 15.0 Å². The van der Waals surface area contributed by atoms with Crippen molar-refractivity contribution < 1.29 is 4.79 Å². The summed E-state index contributed by atoms with van der Waals surface area (Å²) < 4.78 is 3.01. The van der Waals surface area contributed by atoms with Crippen molar-refractivity contribution in [2.75, 3.05) is 6.54 Å². The summed E-state index contributed by atoms with van der Waals surface area (Å²) in [5.74, 6) is -0.00994. The average molecular weight is 314 g/mol. The highest BCUT2D eigenvalue weighted by molar-refractivity contribution is 7.19. The highest BCUT2D eigenvalue weighted by Gasteiger charge is 2.07. The summed E-state index contributed by atoms with van der Waals surface area (Å²) in [7, 11) is 0. The van der Waals surface area contributed by atoms with Gasteiger partial charge in [0.2, 0.25) is 5.91 Å². The van der Waals surface area contributed by atoms with Crippen molar-refractivity contribution in [3.05, 3.63) is 47.1 Å². The van der Waals surface area contributed by atoms with Gasteiger partial charge in [0.25, 0.3) is 0 Å². The zero-order valence-corrected chi connectivity index (χ0v) is 13.3. The number of hydrogen-bond donors (Lipinski definition) is 1. The molecular weight excluding hydrogens is 296 g/mol. The third kappa shape index (κ3) is 3.51. The molecule has 0 aliphatic rings. The monoisotopic (exact) mass is 314 g/mol. The van der Waals surface area contributed by atoms with Crippen molar-refractivity contribution >= 4 is 27.3 Å². The van der Waals surface area contributed by atoms with Crippen LogP contribution in [0, 0.1) is 0 Å². The minimum absolute atomic E-state index is 0.00994. The Balaban J connectivity index is 1.48. The molecule has 0 saturated heterocycles. The van der Waals surface area contributed by atoms with Crippen molar-refractivity contribution in [3.63, 3.8) is 0 Å². The molecular formula is C16H18N4OS. The summed E-state index contributed by atoms with van der Waals surface area (Å²) in [6, 6.07) is 10.5.